The van der Waals surface area contributed by atoms with E-state index >= 15 is 0 Å². The number of hydrogen-bond acceptors (Lipinski definition) is 2. The van der Waals surface area contributed by atoms with Crippen LogP contribution in [0.15, 0.2) is 200 Å². The van der Waals surface area contributed by atoms with E-state index in [-0.39, 0.29) is 0 Å². The van der Waals surface area contributed by atoms with Crippen LogP contribution < -0.4 is 9.80 Å². The van der Waals surface area contributed by atoms with Gasteiger partial charge in [0.2, 0.25) is 0 Å². The van der Waals surface area contributed by atoms with Crippen LogP contribution in [0.3, 0.4) is 0 Å². The Balaban J connectivity index is 1.04. The summed E-state index contributed by atoms with van der Waals surface area (Å²) in [5.41, 5.74) is 27.6. The molecule has 0 unspecified atom stereocenters. The first-order chi connectivity index (χ1) is 41.9. The average Bonchev–Trinajstić information content (AvgIpc) is 2.07. The van der Waals surface area contributed by atoms with E-state index in [2.05, 4.69) is 254 Å². The zero-order chi connectivity index (χ0) is 57.0. The largest absolute Gasteiger partial charge is 0.309 e. The second-order valence-corrected chi connectivity index (χ2v) is 24.7. The lowest BCUT2D eigenvalue weighted by Crippen LogP contribution is -2.18. The van der Waals surface area contributed by atoms with Gasteiger partial charge in [0, 0.05) is 55.1 Å². The molecule has 0 saturated carbocycles. The quantitative estimate of drug-likeness (QED) is 0.113. The van der Waals surface area contributed by atoms with Gasteiger partial charge in [-0.15, -0.1) is 0 Å². The molecule has 0 radical (unpaired) electrons. The third kappa shape index (κ3) is 7.94. The minimum absolute atomic E-state index is 0.975. The molecule has 12 aromatic carbocycles. The number of rotatable bonds is 12. The molecular formula is C81H72N4. The van der Waals surface area contributed by atoms with Gasteiger partial charge < -0.3 is 18.9 Å². The first-order valence-corrected chi connectivity index (χ1v) is 31.6. The van der Waals surface area contributed by atoms with E-state index in [4.69, 9.17) is 0 Å². The van der Waals surface area contributed by atoms with Crippen molar-refractivity contribution >= 4 is 110 Å². The highest BCUT2D eigenvalue weighted by molar-refractivity contribution is 6.30. The Morgan fingerprint density at radius 3 is 1.42 bits per heavy atom. The van der Waals surface area contributed by atoms with Gasteiger partial charge in [-0.05, 0) is 229 Å². The smallest absolute Gasteiger partial charge is 0.0591 e. The van der Waals surface area contributed by atoms with Crippen LogP contribution in [0.25, 0.3) is 87.3 Å². The maximum Gasteiger partial charge on any atom is 0.0591 e. The third-order valence-electron chi connectivity index (χ3n) is 19.6. The lowest BCUT2D eigenvalue weighted by molar-refractivity contribution is 0.686. The molecule has 0 N–H and O–H groups in total. The summed E-state index contributed by atoms with van der Waals surface area (Å²) in [4.78, 5) is 5.52. The number of benzene rings is 12. The zero-order valence-electron chi connectivity index (χ0n) is 49.8. The molecule has 2 heterocycles. The van der Waals surface area contributed by atoms with Crippen LogP contribution >= 0.6 is 0 Å². The predicted octanol–water partition coefficient (Wildman–Crippen LogP) is 22.3. The van der Waals surface area contributed by atoms with Crippen LogP contribution in [0.5, 0.6) is 0 Å². The summed E-state index contributed by atoms with van der Waals surface area (Å²) in [6.45, 7) is 11.9. The highest BCUT2D eigenvalue weighted by Crippen LogP contribution is 2.55. The van der Waals surface area contributed by atoms with Gasteiger partial charge in [0.15, 0.2) is 0 Å². The number of hydrogen-bond donors (Lipinski definition) is 0. The molecule has 0 saturated heterocycles. The minimum atomic E-state index is 0.975. The molecule has 2 aliphatic rings. The molecule has 0 fully saturated rings. The van der Waals surface area contributed by atoms with Crippen molar-refractivity contribution in [2.45, 2.75) is 112 Å². The lowest BCUT2D eigenvalue weighted by atomic mass is 9.85. The Labute approximate surface area is 499 Å². The summed E-state index contributed by atoms with van der Waals surface area (Å²) < 4.78 is 5.02. The van der Waals surface area contributed by atoms with E-state index in [1.807, 2.05) is 0 Å². The molecule has 0 spiro atoms. The molecule has 2 aliphatic carbocycles. The molecule has 0 amide bonds. The number of nitrogens with zero attached hydrogens (tertiary/aromatic N) is 4. The van der Waals surface area contributed by atoms with Crippen molar-refractivity contribution in [2.75, 3.05) is 9.80 Å². The second kappa shape index (κ2) is 20.6. The van der Waals surface area contributed by atoms with Crippen molar-refractivity contribution in [2.24, 2.45) is 0 Å². The molecular weight excluding hydrogens is 1030 g/mol. The van der Waals surface area contributed by atoms with Gasteiger partial charge in [0.1, 0.15) is 0 Å². The Morgan fingerprint density at radius 2 is 0.847 bits per heavy atom. The highest BCUT2D eigenvalue weighted by atomic mass is 15.2. The molecule has 4 nitrogen and oxygen atoms in total. The molecule has 0 aliphatic heterocycles. The van der Waals surface area contributed by atoms with Crippen LogP contribution in [-0.2, 0) is 38.5 Å². The van der Waals surface area contributed by atoms with Gasteiger partial charge in [-0.1, -0.05) is 154 Å². The SMILES string of the molecule is CCCc1cc(N(c2cccc3c2CCCC3)c2c(C)cc3c4ccccc4n(-c4ccccc4)c3c2C)c2ccc3c(CCC)cc(N(c4cccc5c4CCCC5)c4c(C)ccc5c4c4ccccc4n5-c4ccccc4)c4ccc1c2c34. The van der Waals surface area contributed by atoms with Gasteiger partial charge in [-0.2, -0.15) is 0 Å². The number of aryl methyl sites for hydroxylation is 7. The molecule has 416 valence electrons. The molecule has 2 aromatic heterocycles. The fourth-order valence-corrected chi connectivity index (χ4v) is 16.1. The number of anilines is 6. The van der Waals surface area contributed by atoms with Crippen molar-refractivity contribution < 1.29 is 0 Å². The summed E-state index contributed by atoms with van der Waals surface area (Å²) in [5, 5.41) is 13.2. The van der Waals surface area contributed by atoms with E-state index in [9.17, 15) is 0 Å². The first-order valence-electron chi connectivity index (χ1n) is 31.6. The summed E-state index contributed by atoms with van der Waals surface area (Å²) in [6.07, 6.45) is 13.2. The number of para-hydroxylation sites is 4. The Bertz CT molecular complexity index is 4960. The highest BCUT2D eigenvalue weighted by Gasteiger charge is 2.32. The Hall–Kier alpha value is -9.12. The lowest BCUT2D eigenvalue weighted by Gasteiger charge is -2.35. The van der Waals surface area contributed by atoms with E-state index in [1.165, 1.54) is 197 Å². The van der Waals surface area contributed by atoms with E-state index in [0.29, 0.717) is 0 Å². The van der Waals surface area contributed by atoms with Crippen molar-refractivity contribution in [3.05, 3.63) is 250 Å². The summed E-state index contributed by atoms with van der Waals surface area (Å²) in [5.74, 6) is 0. The normalized spacial score (nSPS) is 13.5. The second-order valence-electron chi connectivity index (χ2n) is 24.7. The molecule has 4 heteroatoms. The van der Waals surface area contributed by atoms with Crippen LogP contribution in [0.2, 0.25) is 0 Å². The minimum Gasteiger partial charge on any atom is -0.309 e. The van der Waals surface area contributed by atoms with E-state index in [1.54, 1.807) is 0 Å². The van der Waals surface area contributed by atoms with Gasteiger partial charge in [-0.3, -0.25) is 0 Å². The van der Waals surface area contributed by atoms with E-state index in [0.717, 1.165) is 51.4 Å². The van der Waals surface area contributed by atoms with Gasteiger partial charge in [-0.25, -0.2) is 0 Å². The molecule has 85 heavy (non-hydrogen) atoms. The van der Waals surface area contributed by atoms with Gasteiger partial charge >= 0.3 is 0 Å². The summed E-state index contributed by atoms with van der Waals surface area (Å²) in [6, 6.07) is 77.2. The van der Waals surface area contributed by atoms with Crippen molar-refractivity contribution in [1.29, 1.82) is 0 Å². The standard InChI is InChI=1S/C81H72N4/c1-6-24-56-49-74(84(69-40-22-28-54-26-14-16-34-60(54)69)79-52(4)48-68-64-36-18-20-38-71(64)83(81(68)53(79)5)59-32-12-9-13-33-59)66-45-43-63-57(25-7-2)50-75(67-46-44-62(56)76(66)77(63)67)85(70-41-23-29-55-27-15-17-35-61(55)70)80-51(3)42-47-73-78(80)65-37-19-21-39-72(65)82(73)58-30-10-8-11-31-58/h8-13,18-23,28-33,36-50H,6-7,14-17,24-27,34-35H2,1-5H3. The topological polar surface area (TPSA) is 16.3 Å². The first kappa shape index (κ1) is 51.5. The Kier molecular flexibility index (Phi) is 12.5. The summed E-state index contributed by atoms with van der Waals surface area (Å²) >= 11 is 0. The monoisotopic (exact) mass is 1100 g/mol. The van der Waals surface area contributed by atoms with Crippen LogP contribution in [0.4, 0.5) is 34.1 Å². The Morgan fingerprint density at radius 1 is 0.353 bits per heavy atom. The average molecular weight is 1100 g/mol. The molecule has 0 bridgehead atoms. The third-order valence-corrected chi connectivity index (χ3v) is 19.6. The van der Waals surface area contributed by atoms with Crippen LogP contribution in [-0.4, -0.2) is 9.13 Å². The van der Waals surface area contributed by atoms with Gasteiger partial charge in [0.25, 0.3) is 0 Å². The van der Waals surface area contributed by atoms with E-state index < -0.39 is 0 Å². The summed E-state index contributed by atoms with van der Waals surface area (Å²) in [7, 11) is 0. The molecule has 14 aromatic rings. The van der Waals surface area contributed by atoms with Crippen molar-refractivity contribution in [1.82, 2.24) is 9.13 Å². The zero-order valence-corrected chi connectivity index (χ0v) is 49.8. The molecule has 16 rings (SSSR count). The number of fused-ring (bicyclic) bond motifs is 8. The van der Waals surface area contributed by atoms with Crippen LogP contribution in [0, 0.1) is 20.8 Å². The molecule has 0 atom stereocenters. The predicted molar refractivity (Wildman–Crippen MR) is 364 cm³/mol. The van der Waals surface area contributed by atoms with Crippen molar-refractivity contribution in [3.63, 3.8) is 0 Å². The fourth-order valence-electron chi connectivity index (χ4n) is 16.1. The van der Waals surface area contributed by atoms with Gasteiger partial charge in [0.05, 0.1) is 44.8 Å². The maximum absolute atomic E-state index is 2.76. The van der Waals surface area contributed by atoms with Crippen LogP contribution in [0.1, 0.15) is 102 Å². The van der Waals surface area contributed by atoms with Crippen molar-refractivity contribution in [3.8, 4) is 11.4 Å². The fraction of sp³-hybridized carbons (Fsp3) is 0.210. The maximum atomic E-state index is 2.76. The number of aromatic nitrogens is 2.